The summed E-state index contributed by atoms with van der Waals surface area (Å²) < 4.78 is 5.15. The summed E-state index contributed by atoms with van der Waals surface area (Å²) in [7, 11) is 1.42. The van der Waals surface area contributed by atoms with Crippen molar-refractivity contribution in [1.82, 2.24) is 4.90 Å². The van der Waals surface area contributed by atoms with Crippen LogP contribution in [0, 0.1) is 10.1 Å². The number of non-ortho nitro benzene ring substituents is 1. The summed E-state index contributed by atoms with van der Waals surface area (Å²) in [5, 5.41) is 15.7. The summed E-state index contributed by atoms with van der Waals surface area (Å²) in [6, 6.07) is 6.45. The SMILES string of the molecule is COc1cc([N+](=O)[O-])ccc1NC(=O)CN1CCc2sccc2[C@@H]1C. The van der Waals surface area contributed by atoms with Crippen LogP contribution < -0.4 is 10.1 Å². The maximum atomic E-state index is 12.4. The van der Waals surface area contributed by atoms with Crippen molar-refractivity contribution in [3.8, 4) is 5.75 Å². The van der Waals surface area contributed by atoms with Crippen molar-refractivity contribution in [2.75, 3.05) is 25.5 Å². The van der Waals surface area contributed by atoms with E-state index in [0.29, 0.717) is 5.69 Å². The average molecular weight is 361 g/mol. The van der Waals surface area contributed by atoms with Crippen molar-refractivity contribution in [2.45, 2.75) is 19.4 Å². The molecule has 1 amide bonds. The van der Waals surface area contributed by atoms with E-state index in [1.165, 1.54) is 35.7 Å². The summed E-state index contributed by atoms with van der Waals surface area (Å²) in [6.07, 6.45) is 0.950. The monoisotopic (exact) mass is 361 g/mol. The second kappa shape index (κ2) is 7.20. The normalized spacial score (nSPS) is 17.0. The third kappa shape index (κ3) is 3.64. The summed E-state index contributed by atoms with van der Waals surface area (Å²) in [5.41, 5.74) is 1.64. The number of benzene rings is 1. The minimum Gasteiger partial charge on any atom is -0.494 e. The molecule has 0 fully saturated rings. The van der Waals surface area contributed by atoms with Gasteiger partial charge in [0.2, 0.25) is 5.91 Å². The molecule has 1 aromatic carbocycles. The standard InChI is InChI=1S/C17H19N3O4S/c1-11-13-6-8-25-16(13)5-7-19(11)10-17(21)18-14-4-3-12(20(22)23)9-15(14)24-2/h3-4,6,8-9,11H,5,7,10H2,1-2H3,(H,18,21)/t11-/m0/s1. The lowest BCUT2D eigenvalue weighted by Crippen LogP contribution is -2.39. The predicted octanol–water partition coefficient (Wildman–Crippen LogP) is 3.22. The maximum Gasteiger partial charge on any atom is 0.273 e. The maximum absolute atomic E-state index is 12.4. The molecule has 3 rings (SSSR count). The Morgan fingerprint density at radius 3 is 3.00 bits per heavy atom. The first-order valence-electron chi connectivity index (χ1n) is 7.92. The van der Waals surface area contributed by atoms with Crippen LogP contribution in [0.1, 0.15) is 23.4 Å². The zero-order valence-electron chi connectivity index (χ0n) is 14.0. The predicted molar refractivity (Wildman–Crippen MR) is 96.3 cm³/mol. The van der Waals surface area contributed by atoms with Gasteiger partial charge < -0.3 is 10.1 Å². The van der Waals surface area contributed by atoms with Crippen LogP contribution in [0.2, 0.25) is 0 Å². The van der Waals surface area contributed by atoms with Crippen LogP contribution in [0.25, 0.3) is 0 Å². The number of fused-ring (bicyclic) bond motifs is 1. The molecule has 2 heterocycles. The Labute approximate surface area is 149 Å². The van der Waals surface area contributed by atoms with Crippen LogP contribution >= 0.6 is 11.3 Å². The smallest absolute Gasteiger partial charge is 0.273 e. The molecule has 8 heteroatoms. The van der Waals surface area contributed by atoms with Crippen molar-refractivity contribution >= 4 is 28.6 Å². The van der Waals surface area contributed by atoms with Crippen molar-refractivity contribution in [3.63, 3.8) is 0 Å². The summed E-state index contributed by atoms with van der Waals surface area (Å²) in [6.45, 7) is 3.19. The Morgan fingerprint density at radius 1 is 1.48 bits per heavy atom. The number of nitrogens with one attached hydrogen (secondary N) is 1. The highest BCUT2D eigenvalue weighted by atomic mass is 32.1. The van der Waals surface area contributed by atoms with Gasteiger partial charge >= 0.3 is 0 Å². The van der Waals surface area contributed by atoms with E-state index in [0.717, 1.165) is 13.0 Å². The highest BCUT2D eigenvalue weighted by Crippen LogP contribution is 2.33. The van der Waals surface area contributed by atoms with Gasteiger partial charge in [-0.1, -0.05) is 0 Å². The molecule has 0 saturated carbocycles. The fourth-order valence-electron chi connectivity index (χ4n) is 3.05. The van der Waals surface area contributed by atoms with E-state index >= 15 is 0 Å². The van der Waals surface area contributed by atoms with Gasteiger partial charge in [-0.3, -0.25) is 19.8 Å². The molecule has 7 nitrogen and oxygen atoms in total. The number of methoxy groups -OCH3 is 1. The molecule has 0 bridgehead atoms. The summed E-state index contributed by atoms with van der Waals surface area (Å²) in [5.74, 6) is 0.104. The van der Waals surface area contributed by atoms with E-state index in [1.807, 2.05) is 0 Å². The molecular weight excluding hydrogens is 342 g/mol. The Balaban J connectivity index is 1.68. The molecule has 25 heavy (non-hydrogen) atoms. The quantitative estimate of drug-likeness (QED) is 0.653. The third-order valence-electron chi connectivity index (χ3n) is 4.42. The van der Waals surface area contributed by atoms with Gasteiger partial charge in [-0.15, -0.1) is 11.3 Å². The van der Waals surface area contributed by atoms with Crippen LogP contribution in [0.5, 0.6) is 5.75 Å². The summed E-state index contributed by atoms with van der Waals surface area (Å²) >= 11 is 1.76. The second-order valence-corrected chi connectivity index (χ2v) is 6.89. The van der Waals surface area contributed by atoms with Crippen LogP contribution in [0.3, 0.4) is 0 Å². The molecule has 132 valence electrons. The zero-order chi connectivity index (χ0) is 18.0. The molecular formula is C17H19N3O4S. The molecule has 0 unspecified atom stereocenters. The third-order valence-corrected chi connectivity index (χ3v) is 5.42. The number of ether oxygens (including phenoxy) is 1. The highest BCUT2D eigenvalue weighted by Gasteiger charge is 2.26. The molecule has 0 spiro atoms. The Morgan fingerprint density at radius 2 is 2.28 bits per heavy atom. The van der Waals surface area contributed by atoms with E-state index in [-0.39, 0.29) is 29.9 Å². The number of thiophene rings is 1. The molecule has 1 atom stereocenters. The van der Waals surface area contributed by atoms with Gasteiger partial charge in [-0.2, -0.15) is 0 Å². The van der Waals surface area contributed by atoms with E-state index < -0.39 is 4.92 Å². The van der Waals surface area contributed by atoms with Gasteiger partial charge in [-0.25, -0.2) is 0 Å². The number of hydrogen-bond acceptors (Lipinski definition) is 6. The van der Waals surface area contributed by atoms with E-state index in [1.54, 1.807) is 11.3 Å². The van der Waals surface area contributed by atoms with Crippen LogP contribution in [0.4, 0.5) is 11.4 Å². The van der Waals surface area contributed by atoms with Gasteiger partial charge in [0, 0.05) is 23.5 Å². The molecule has 0 saturated heterocycles. The van der Waals surface area contributed by atoms with Gasteiger partial charge in [0.15, 0.2) is 0 Å². The van der Waals surface area contributed by atoms with E-state index in [4.69, 9.17) is 4.74 Å². The molecule has 0 radical (unpaired) electrons. The number of nitro benzene ring substituents is 1. The fourth-order valence-corrected chi connectivity index (χ4v) is 4.01. The number of carbonyl (C=O) groups excluding carboxylic acids is 1. The first-order chi connectivity index (χ1) is 12.0. The minimum atomic E-state index is -0.498. The highest BCUT2D eigenvalue weighted by molar-refractivity contribution is 7.10. The number of nitro groups is 1. The first-order valence-corrected chi connectivity index (χ1v) is 8.80. The number of hydrogen-bond donors (Lipinski definition) is 1. The lowest BCUT2D eigenvalue weighted by molar-refractivity contribution is -0.384. The number of amides is 1. The Kier molecular flexibility index (Phi) is 5.00. The fraction of sp³-hybridized carbons (Fsp3) is 0.353. The van der Waals surface area contributed by atoms with Gasteiger partial charge in [0.25, 0.3) is 5.69 Å². The number of rotatable bonds is 5. The molecule has 1 aliphatic heterocycles. The number of carbonyl (C=O) groups is 1. The molecule has 1 aliphatic rings. The topological polar surface area (TPSA) is 84.7 Å². The van der Waals surface area contributed by atoms with Crippen molar-refractivity contribution in [3.05, 3.63) is 50.2 Å². The van der Waals surface area contributed by atoms with Gasteiger partial charge in [0.1, 0.15) is 5.75 Å². The molecule has 2 aromatic rings. The minimum absolute atomic E-state index is 0.0792. The Bertz CT molecular complexity index is 805. The molecule has 0 aliphatic carbocycles. The lowest BCUT2D eigenvalue weighted by atomic mass is 10.0. The average Bonchev–Trinajstić information content (AvgIpc) is 3.07. The summed E-state index contributed by atoms with van der Waals surface area (Å²) in [4.78, 5) is 26.3. The van der Waals surface area contributed by atoms with Crippen molar-refractivity contribution < 1.29 is 14.5 Å². The largest absolute Gasteiger partial charge is 0.494 e. The second-order valence-electron chi connectivity index (χ2n) is 5.89. The van der Waals surface area contributed by atoms with Gasteiger partial charge in [-0.05, 0) is 36.4 Å². The number of anilines is 1. The van der Waals surface area contributed by atoms with E-state index in [9.17, 15) is 14.9 Å². The first kappa shape index (κ1) is 17.4. The zero-order valence-corrected chi connectivity index (χ0v) is 14.8. The molecule has 1 aromatic heterocycles. The Hall–Kier alpha value is -2.45. The van der Waals surface area contributed by atoms with Gasteiger partial charge in [0.05, 0.1) is 30.3 Å². The van der Waals surface area contributed by atoms with E-state index in [2.05, 4.69) is 28.6 Å². The lowest BCUT2D eigenvalue weighted by Gasteiger charge is -2.32. The van der Waals surface area contributed by atoms with Crippen LogP contribution in [-0.4, -0.2) is 35.9 Å². The van der Waals surface area contributed by atoms with Crippen LogP contribution in [-0.2, 0) is 11.2 Å². The molecule has 1 N–H and O–H groups in total. The van der Waals surface area contributed by atoms with Crippen LogP contribution in [0.15, 0.2) is 29.6 Å². The van der Waals surface area contributed by atoms with Crippen molar-refractivity contribution in [1.29, 1.82) is 0 Å². The van der Waals surface area contributed by atoms with Crippen molar-refractivity contribution in [2.24, 2.45) is 0 Å². The number of nitrogens with zero attached hydrogens (tertiary/aromatic N) is 2.